The second-order valence-electron chi connectivity index (χ2n) is 6.15. The van der Waals surface area contributed by atoms with E-state index in [4.69, 9.17) is 9.63 Å². The fourth-order valence-electron chi connectivity index (χ4n) is 2.03. The Labute approximate surface area is 126 Å². The lowest BCUT2D eigenvalue weighted by atomic mass is 10.0. The minimum Gasteiger partial charge on any atom is -0.481 e. The lowest BCUT2D eigenvalue weighted by molar-refractivity contribution is -0.141. The first-order chi connectivity index (χ1) is 9.88. The van der Waals surface area contributed by atoms with Crippen molar-refractivity contribution >= 4 is 5.97 Å². The van der Waals surface area contributed by atoms with Crippen LogP contribution >= 0.6 is 0 Å². The zero-order valence-corrected chi connectivity index (χ0v) is 13.4. The Hall–Kier alpha value is -1.43. The summed E-state index contributed by atoms with van der Waals surface area (Å²) in [6.45, 7) is 8.62. The number of carboxylic acid groups (broad SMARTS) is 1. The second kappa shape index (κ2) is 8.77. The molecule has 0 aliphatic rings. The van der Waals surface area contributed by atoms with Crippen molar-refractivity contribution in [3.8, 4) is 0 Å². The minimum absolute atomic E-state index is 0.272. The number of aromatic nitrogens is 2. The molecule has 0 saturated heterocycles. The smallest absolute Gasteiger partial charge is 0.306 e. The summed E-state index contributed by atoms with van der Waals surface area (Å²) in [7, 11) is 0. The maximum Gasteiger partial charge on any atom is 0.306 e. The number of rotatable bonds is 10. The van der Waals surface area contributed by atoms with Crippen LogP contribution in [0.5, 0.6) is 0 Å². The molecule has 2 unspecified atom stereocenters. The molecule has 1 rings (SSSR count). The summed E-state index contributed by atoms with van der Waals surface area (Å²) in [5.74, 6) is 0.880. The van der Waals surface area contributed by atoms with Gasteiger partial charge in [-0.1, -0.05) is 32.3 Å². The molecule has 0 radical (unpaired) electrons. The Kier molecular flexibility index (Phi) is 7.36. The largest absolute Gasteiger partial charge is 0.481 e. The van der Waals surface area contributed by atoms with E-state index >= 15 is 0 Å². The number of carbonyl (C=O) groups is 1. The van der Waals surface area contributed by atoms with Crippen LogP contribution < -0.4 is 5.32 Å². The molecule has 6 nitrogen and oxygen atoms in total. The highest BCUT2D eigenvalue weighted by Gasteiger charge is 2.12. The van der Waals surface area contributed by atoms with Gasteiger partial charge in [-0.3, -0.25) is 4.79 Å². The standard InChI is InChI=1S/C15H27N3O3/c1-10(2)8-13-17-14(21-18-13)9-16-12(4)7-5-6-11(3)15(19)20/h10-12,16H,5-9H2,1-4H3,(H,19,20). The van der Waals surface area contributed by atoms with Gasteiger partial charge in [0, 0.05) is 12.5 Å². The molecule has 120 valence electrons. The molecule has 21 heavy (non-hydrogen) atoms. The van der Waals surface area contributed by atoms with Gasteiger partial charge >= 0.3 is 5.97 Å². The highest BCUT2D eigenvalue weighted by Crippen LogP contribution is 2.10. The molecule has 0 aliphatic heterocycles. The van der Waals surface area contributed by atoms with Crippen LogP contribution in [0.1, 0.15) is 58.7 Å². The van der Waals surface area contributed by atoms with Crippen molar-refractivity contribution in [2.45, 2.75) is 66.0 Å². The van der Waals surface area contributed by atoms with Gasteiger partial charge in [0.05, 0.1) is 12.5 Å². The first-order valence-corrected chi connectivity index (χ1v) is 7.66. The van der Waals surface area contributed by atoms with Gasteiger partial charge < -0.3 is 14.9 Å². The summed E-state index contributed by atoms with van der Waals surface area (Å²) in [5.41, 5.74) is 0. The molecule has 0 bridgehead atoms. The topological polar surface area (TPSA) is 88.2 Å². The number of carboxylic acids is 1. The van der Waals surface area contributed by atoms with Gasteiger partial charge in [-0.05, 0) is 25.7 Å². The third-order valence-corrected chi connectivity index (χ3v) is 3.40. The molecule has 0 spiro atoms. The monoisotopic (exact) mass is 297 g/mol. The molecule has 2 atom stereocenters. The van der Waals surface area contributed by atoms with Crippen molar-refractivity contribution < 1.29 is 14.4 Å². The highest BCUT2D eigenvalue weighted by atomic mass is 16.5. The van der Waals surface area contributed by atoms with Crippen molar-refractivity contribution in [1.29, 1.82) is 0 Å². The number of nitrogens with one attached hydrogen (secondary N) is 1. The molecule has 0 aliphatic carbocycles. The number of aliphatic carboxylic acids is 1. The van der Waals surface area contributed by atoms with E-state index in [-0.39, 0.29) is 5.92 Å². The quantitative estimate of drug-likeness (QED) is 0.690. The first kappa shape index (κ1) is 17.6. The lowest BCUT2D eigenvalue weighted by Crippen LogP contribution is -2.25. The van der Waals surface area contributed by atoms with Crippen molar-refractivity contribution in [1.82, 2.24) is 15.5 Å². The third-order valence-electron chi connectivity index (χ3n) is 3.40. The first-order valence-electron chi connectivity index (χ1n) is 7.66. The second-order valence-corrected chi connectivity index (χ2v) is 6.15. The van der Waals surface area contributed by atoms with Crippen molar-refractivity contribution in [3.63, 3.8) is 0 Å². The van der Waals surface area contributed by atoms with Crippen molar-refractivity contribution in [2.24, 2.45) is 11.8 Å². The average molecular weight is 297 g/mol. The van der Waals surface area contributed by atoms with Crippen molar-refractivity contribution in [3.05, 3.63) is 11.7 Å². The van der Waals surface area contributed by atoms with Gasteiger partial charge in [-0.25, -0.2) is 0 Å². The van der Waals surface area contributed by atoms with Crippen LogP contribution in [0.2, 0.25) is 0 Å². The average Bonchev–Trinajstić information content (AvgIpc) is 2.82. The molecule has 0 aromatic carbocycles. The molecule has 2 N–H and O–H groups in total. The van der Waals surface area contributed by atoms with Crippen LogP contribution in [-0.2, 0) is 17.8 Å². The van der Waals surface area contributed by atoms with E-state index in [0.29, 0.717) is 30.8 Å². The van der Waals surface area contributed by atoms with E-state index < -0.39 is 5.97 Å². The van der Waals surface area contributed by atoms with Gasteiger partial charge in [0.15, 0.2) is 5.82 Å². The summed E-state index contributed by atoms with van der Waals surface area (Å²) in [4.78, 5) is 15.1. The van der Waals surface area contributed by atoms with E-state index in [2.05, 4.69) is 36.2 Å². The Bertz CT molecular complexity index is 432. The predicted octanol–water partition coefficient (Wildman–Crippen LogP) is 2.64. The molecule has 6 heteroatoms. The Morgan fingerprint density at radius 3 is 2.62 bits per heavy atom. The van der Waals surface area contributed by atoms with Gasteiger partial charge in [-0.15, -0.1) is 0 Å². The van der Waals surface area contributed by atoms with Crippen LogP contribution in [0.25, 0.3) is 0 Å². The molecule has 0 fully saturated rings. The maximum atomic E-state index is 10.7. The molecule has 0 saturated carbocycles. The molecule has 1 heterocycles. The number of hydrogen-bond acceptors (Lipinski definition) is 5. The van der Waals surface area contributed by atoms with E-state index in [9.17, 15) is 4.79 Å². The number of nitrogens with zero attached hydrogens (tertiary/aromatic N) is 2. The molecule has 1 aromatic rings. The van der Waals surface area contributed by atoms with Crippen LogP contribution in [0.4, 0.5) is 0 Å². The van der Waals surface area contributed by atoms with Crippen LogP contribution in [0, 0.1) is 11.8 Å². The Balaban J connectivity index is 2.22. The summed E-state index contributed by atoms with van der Waals surface area (Å²) in [6, 6.07) is 0.298. The van der Waals surface area contributed by atoms with Gasteiger partial charge in [0.25, 0.3) is 0 Å². The lowest BCUT2D eigenvalue weighted by Gasteiger charge is -2.13. The number of hydrogen-bond donors (Lipinski definition) is 2. The summed E-state index contributed by atoms with van der Waals surface area (Å²) >= 11 is 0. The van der Waals surface area contributed by atoms with Gasteiger partial charge in [-0.2, -0.15) is 4.98 Å². The fraction of sp³-hybridized carbons (Fsp3) is 0.800. The zero-order valence-electron chi connectivity index (χ0n) is 13.4. The Morgan fingerprint density at radius 1 is 1.29 bits per heavy atom. The van der Waals surface area contributed by atoms with E-state index in [0.717, 1.165) is 25.1 Å². The fourth-order valence-corrected chi connectivity index (χ4v) is 2.03. The van der Waals surface area contributed by atoms with Crippen molar-refractivity contribution in [2.75, 3.05) is 0 Å². The normalized spacial score (nSPS) is 14.3. The predicted molar refractivity (Wildman–Crippen MR) is 79.8 cm³/mol. The van der Waals surface area contributed by atoms with Gasteiger partial charge in [0.2, 0.25) is 5.89 Å². The summed E-state index contributed by atoms with van der Waals surface area (Å²) in [5, 5.41) is 16.1. The van der Waals surface area contributed by atoms with E-state index in [1.54, 1.807) is 6.92 Å². The van der Waals surface area contributed by atoms with Crippen LogP contribution in [0.3, 0.4) is 0 Å². The molecular weight excluding hydrogens is 270 g/mol. The zero-order chi connectivity index (χ0) is 15.8. The van der Waals surface area contributed by atoms with E-state index in [1.807, 2.05) is 0 Å². The molecular formula is C15H27N3O3. The molecule has 1 aromatic heterocycles. The SMILES string of the molecule is CC(C)Cc1noc(CNC(C)CCCC(C)C(=O)O)n1. The summed E-state index contributed by atoms with van der Waals surface area (Å²) in [6.07, 6.45) is 3.36. The van der Waals surface area contributed by atoms with Crippen LogP contribution in [0.15, 0.2) is 4.52 Å². The summed E-state index contributed by atoms with van der Waals surface area (Å²) < 4.78 is 5.19. The maximum absolute atomic E-state index is 10.7. The van der Waals surface area contributed by atoms with E-state index in [1.165, 1.54) is 0 Å². The third kappa shape index (κ3) is 7.22. The minimum atomic E-state index is -0.723. The highest BCUT2D eigenvalue weighted by molar-refractivity contribution is 5.69. The Morgan fingerprint density at radius 2 is 2.00 bits per heavy atom. The molecule has 0 amide bonds. The van der Waals surface area contributed by atoms with Gasteiger partial charge in [0.1, 0.15) is 0 Å². The van der Waals surface area contributed by atoms with Crippen LogP contribution in [-0.4, -0.2) is 27.3 Å².